The predicted molar refractivity (Wildman–Crippen MR) is 103 cm³/mol. The summed E-state index contributed by atoms with van der Waals surface area (Å²) in [6.45, 7) is 5.56. The number of fused-ring (bicyclic) bond motifs is 1. The molecule has 0 aliphatic carbocycles. The number of aromatic nitrogens is 1. The van der Waals surface area contributed by atoms with E-state index in [0.29, 0.717) is 6.04 Å². The van der Waals surface area contributed by atoms with Gasteiger partial charge in [0.15, 0.2) is 0 Å². The summed E-state index contributed by atoms with van der Waals surface area (Å²) in [6, 6.07) is 6.98. The first-order valence-electron chi connectivity index (χ1n) is 9.92. The summed E-state index contributed by atoms with van der Waals surface area (Å²) in [5, 5.41) is 5.02. The average molecular weight is 355 g/mol. The lowest BCUT2D eigenvalue weighted by molar-refractivity contribution is -0.142. The zero-order chi connectivity index (χ0) is 17.9. The molecule has 0 saturated carbocycles. The fourth-order valence-electron chi connectivity index (χ4n) is 4.26. The largest absolute Gasteiger partial charge is 0.368 e. The van der Waals surface area contributed by atoms with Gasteiger partial charge in [0.1, 0.15) is 6.10 Å². The molecule has 2 aliphatic heterocycles. The molecule has 4 rings (SSSR count). The number of H-pyrrole nitrogens is 1. The maximum absolute atomic E-state index is 12.4. The number of aryl methyl sites for hydroxylation is 1. The van der Waals surface area contributed by atoms with Gasteiger partial charge in [-0.1, -0.05) is 18.2 Å². The Bertz CT molecular complexity index is 756. The first kappa shape index (κ1) is 17.6. The van der Waals surface area contributed by atoms with Crippen molar-refractivity contribution in [1.82, 2.24) is 15.2 Å². The van der Waals surface area contributed by atoms with Gasteiger partial charge in [-0.05, 0) is 56.7 Å². The van der Waals surface area contributed by atoms with E-state index in [9.17, 15) is 4.79 Å². The third-order valence-corrected chi connectivity index (χ3v) is 5.85. The second kappa shape index (κ2) is 7.80. The molecule has 2 N–H and O–H groups in total. The van der Waals surface area contributed by atoms with E-state index in [0.717, 1.165) is 58.3 Å². The summed E-state index contributed by atoms with van der Waals surface area (Å²) in [7, 11) is 0. The van der Waals surface area contributed by atoms with E-state index < -0.39 is 0 Å². The van der Waals surface area contributed by atoms with Gasteiger partial charge in [0, 0.05) is 42.8 Å². The molecule has 2 aromatic rings. The van der Waals surface area contributed by atoms with Gasteiger partial charge in [0.05, 0.1) is 0 Å². The number of para-hydroxylation sites is 1. The van der Waals surface area contributed by atoms with Crippen molar-refractivity contribution in [2.24, 2.45) is 0 Å². The highest BCUT2D eigenvalue weighted by Gasteiger charge is 2.30. The van der Waals surface area contributed by atoms with Crippen molar-refractivity contribution in [1.29, 1.82) is 0 Å². The van der Waals surface area contributed by atoms with Crippen LogP contribution in [-0.2, 0) is 16.0 Å². The third kappa shape index (κ3) is 3.64. The number of aromatic amines is 1. The molecule has 2 fully saturated rings. The molecule has 1 atom stereocenters. The second-order valence-electron chi connectivity index (χ2n) is 7.62. The quantitative estimate of drug-likeness (QED) is 0.867. The van der Waals surface area contributed by atoms with Gasteiger partial charge in [0.25, 0.3) is 5.91 Å². The van der Waals surface area contributed by atoms with Crippen molar-refractivity contribution >= 4 is 16.8 Å². The van der Waals surface area contributed by atoms with E-state index >= 15 is 0 Å². The van der Waals surface area contributed by atoms with E-state index in [2.05, 4.69) is 41.6 Å². The predicted octanol–water partition coefficient (Wildman–Crippen LogP) is 2.78. The van der Waals surface area contributed by atoms with Crippen molar-refractivity contribution in [3.8, 4) is 0 Å². The van der Waals surface area contributed by atoms with Crippen LogP contribution >= 0.6 is 0 Å². The van der Waals surface area contributed by atoms with Crippen LogP contribution in [0.1, 0.15) is 36.8 Å². The van der Waals surface area contributed by atoms with Crippen molar-refractivity contribution in [3.05, 3.63) is 35.5 Å². The molecule has 3 heterocycles. The Labute approximate surface area is 155 Å². The van der Waals surface area contributed by atoms with E-state index in [1.54, 1.807) is 0 Å². The molecular weight excluding hydrogens is 326 g/mol. The number of rotatable bonds is 5. The Balaban J connectivity index is 1.23. The maximum Gasteiger partial charge on any atom is 0.251 e. The molecule has 1 aromatic heterocycles. The number of benzene rings is 1. The first-order chi connectivity index (χ1) is 12.7. The summed E-state index contributed by atoms with van der Waals surface area (Å²) >= 11 is 0. The minimum absolute atomic E-state index is 0.176. The van der Waals surface area contributed by atoms with Gasteiger partial charge >= 0.3 is 0 Å². The molecule has 2 aliphatic rings. The van der Waals surface area contributed by atoms with Gasteiger partial charge in [-0.3, -0.25) is 4.79 Å². The highest BCUT2D eigenvalue weighted by molar-refractivity contribution is 5.85. The Hall–Kier alpha value is -1.85. The molecule has 5 heteroatoms. The van der Waals surface area contributed by atoms with Crippen LogP contribution in [0.5, 0.6) is 0 Å². The van der Waals surface area contributed by atoms with Gasteiger partial charge in [0.2, 0.25) is 0 Å². The number of carbonyl (C=O) groups excluding carboxylic acids is 1. The Morgan fingerprint density at radius 3 is 2.92 bits per heavy atom. The molecule has 0 bridgehead atoms. The smallest absolute Gasteiger partial charge is 0.251 e. The van der Waals surface area contributed by atoms with E-state index in [-0.39, 0.29) is 12.0 Å². The van der Waals surface area contributed by atoms with Gasteiger partial charge < -0.3 is 19.9 Å². The van der Waals surface area contributed by atoms with Crippen LogP contribution in [0.2, 0.25) is 0 Å². The minimum Gasteiger partial charge on any atom is -0.368 e. The van der Waals surface area contributed by atoms with Gasteiger partial charge in [-0.25, -0.2) is 0 Å². The van der Waals surface area contributed by atoms with Gasteiger partial charge in [-0.15, -0.1) is 0 Å². The molecule has 26 heavy (non-hydrogen) atoms. The van der Waals surface area contributed by atoms with Crippen LogP contribution in [0.4, 0.5) is 0 Å². The molecular formula is C21H29N3O2. The van der Waals surface area contributed by atoms with Gasteiger partial charge in [-0.2, -0.15) is 0 Å². The first-order valence-corrected chi connectivity index (χ1v) is 9.92. The number of hydrogen-bond acceptors (Lipinski definition) is 3. The Morgan fingerprint density at radius 1 is 1.31 bits per heavy atom. The molecule has 0 unspecified atom stereocenters. The van der Waals surface area contributed by atoms with Crippen LogP contribution < -0.4 is 5.32 Å². The number of amides is 1. The number of likely N-dealkylation sites (tertiary alicyclic amines) is 1. The minimum atomic E-state index is -0.176. The molecule has 0 radical (unpaired) electrons. The van der Waals surface area contributed by atoms with E-state index in [1.165, 1.54) is 22.0 Å². The third-order valence-electron chi connectivity index (χ3n) is 5.85. The second-order valence-corrected chi connectivity index (χ2v) is 7.62. The zero-order valence-electron chi connectivity index (χ0n) is 15.6. The molecule has 140 valence electrons. The summed E-state index contributed by atoms with van der Waals surface area (Å²) in [5.41, 5.74) is 3.93. The summed E-state index contributed by atoms with van der Waals surface area (Å²) in [6.07, 6.45) is 6.96. The maximum atomic E-state index is 12.4. The Morgan fingerprint density at radius 2 is 2.15 bits per heavy atom. The molecule has 1 amide bonds. The standard InChI is InChI=1S/C21H29N3O2/c1-15-4-2-5-18-16(14-23-20(15)18)7-10-22-17-8-11-24(12-9-17)21(25)19-6-3-13-26-19/h2,4-5,14,17,19,22-23H,3,6-13H2,1H3/t19-/m0/s1. The van der Waals surface area contributed by atoms with Crippen LogP contribution in [0.3, 0.4) is 0 Å². The Kier molecular flexibility index (Phi) is 5.27. The summed E-state index contributed by atoms with van der Waals surface area (Å²) in [5.74, 6) is 0.204. The fraction of sp³-hybridized carbons (Fsp3) is 0.571. The van der Waals surface area contributed by atoms with Crippen LogP contribution in [0, 0.1) is 6.92 Å². The van der Waals surface area contributed by atoms with Crippen molar-refractivity contribution < 1.29 is 9.53 Å². The molecule has 2 saturated heterocycles. The highest BCUT2D eigenvalue weighted by atomic mass is 16.5. The lowest BCUT2D eigenvalue weighted by Crippen LogP contribution is -2.48. The van der Waals surface area contributed by atoms with Crippen LogP contribution in [-0.4, -0.2) is 54.2 Å². The van der Waals surface area contributed by atoms with Crippen molar-refractivity contribution in [3.63, 3.8) is 0 Å². The SMILES string of the molecule is Cc1cccc2c(CCNC3CCN(C(=O)[C@@H]4CCCO4)CC3)c[nH]c12. The zero-order valence-corrected chi connectivity index (χ0v) is 15.6. The summed E-state index contributed by atoms with van der Waals surface area (Å²) in [4.78, 5) is 17.8. The van der Waals surface area contributed by atoms with E-state index in [4.69, 9.17) is 4.74 Å². The lowest BCUT2D eigenvalue weighted by atomic mass is 10.0. The number of ether oxygens (including phenoxy) is 1. The number of nitrogens with one attached hydrogen (secondary N) is 2. The number of carbonyl (C=O) groups is 1. The highest BCUT2D eigenvalue weighted by Crippen LogP contribution is 2.22. The van der Waals surface area contributed by atoms with Crippen LogP contribution in [0.15, 0.2) is 24.4 Å². The molecule has 1 aromatic carbocycles. The normalized spacial score (nSPS) is 21.6. The van der Waals surface area contributed by atoms with E-state index in [1.807, 2.05) is 4.90 Å². The molecule has 0 spiro atoms. The van der Waals surface area contributed by atoms with Crippen LogP contribution in [0.25, 0.3) is 10.9 Å². The van der Waals surface area contributed by atoms with Crippen molar-refractivity contribution in [2.75, 3.05) is 26.2 Å². The monoisotopic (exact) mass is 355 g/mol. The average Bonchev–Trinajstić information content (AvgIpc) is 3.33. The summed E-state index contributed by atoms with van der Waals surface area (Å²) < 4.78 is 5.53. The number of nitrogens with zero attached hydrogens (tertiary/aromatic N) is 1. The van der Waals surface area contributed by atoms with Crippen molar-refractivity contribution in [2.45, 2.75) is 51.2 Å². The number of hydrogen-bond donors (Lipinski definition) is 2. The topological polar surface area (TPSA) is 57.4 Å². The lowest BCUT2D eigenvalue weighted by Gasteiger charge is -2.33. The molecule has 5 nitrogen and oxygen atoms in total. The number of piperidine rings is 1. The fourth-order valence-corrected chi connectivity index (χ4v) is 4.26.